The van der Waals surface area contributed by atoms with E-state index in [1.807, 2.05) is 19.0 Å². The number of aromatic carboxylic acids is 1. The molecule has 0 aliphatic rings. The maximum absolute atomic E-state index is 10.6. The Bertz CT molecular complexity index is 368. The Hall–Kier alpha value is -1.20. The van der Waals surface area contributed by atoms with Crippen LogP contribution in [0, 0.1) is 0 Å². The van der Waals surface area contributed by atoms with Crippen molar-refractivity contribution in [2.24, 2.45) is 0 Å². The molecule has 0 fully saturated rings. The van der Waals surface area contributed by atoms with Gasteiger partial charge in [0, 0.05) is 13.0 Å². The Morgan fingerprint density at radius 1 is 1.60 bits per heavy atom. The van der Waals surface area contributed by atoms with E-state index in [9.17, 15) is 4.79 Å². The molecule has 82 valence electrons. The molecule has 1 rings (SSSR count). The molecule has 0 saturated heterocycles. The van der Waals surface area contributed by atoms with Crippen LogP contribution in [0.3, 0.4) is 0 Å². The Morgan fingerprint density at radius 3 is 2.80 bits per heavy atom. The lowest BCUT2D eigenvalue weighted by atomic mass is 10.3. The first kappa shape index (κ1) is 11.9. The lowest BCUT2D eigenvalue weighted by Gasteiger charge is -2.09. The number of hydrogen-bond acceptors (Lipinski definition) is 4. The first-order valence-corrected chi connectivity index (χ1v) is 4.78. The van der Waals surface area contributed by atoms with Gasteiger partial charge in [0.25, 0.3) is 0 Å². The summed E-state index contributed by atoms with van der Waals surface area (Å²) in [7, 11) is 3.84. The normalized spacial score (nSPS) is 10.7. The van der Waals surface area contributed by atoms with Gasteiger partial charge >= 0.3 is 5.97 Å². The minimum atomic E-state index is -1.09. The summed E-state index contributed by atoms with van der Waals surface area (Å²) in [5, 5.41) is 8.99. The Labute approximate surface area is 92.7 Å². The zero-order chi connectivity index (χ0) is 11.4. The van der Waals surface area contributed by atoms with Crippen molar-refractivity contribution in [2.75, 3.05) is 20.6 Å². The number of aromatic nitrogens is 2. The van der Waals surface area contributed by atoms with Crippen LogP contribution in [0.2, 0.25) is 5.15 Å². The quantitative estimate of drug-likeness (QED) is 0.832. The number of carbonyl (C=O) groups is 1. The van der Waals surface area contributed by atoms with Gasteiger partial charge in [-0.15, -0.1) is 0 Å². The maximum atomic E-state index is 10.6. The van der Waals surface area contributed by atoms with Gasteiger partial charge in [-0.1, -0.05) is 11.6 Å². The lowest BCUT2D eigenvalue weighted by molar-refractivity contribution is 0.0689. The Kier molecular flexibility index (Phi) is 3.99. The molecular formula is C9H12ClN3O2. The third-order valence-electron chi connectivity index (χ3n) is 1.81. The number of rotatable bonds is 4. The number of hydrogen-bond donors (Lipinski definition) is 1. The fourth-order valence-corrected chi connectivity index (χ4v) is 1.19. The van der Waals surface area contributed by atoms with E-state index in [4.69, 9.17) is 16.7 Å². The minimum absolute atomic E-state index is 0.0758. The molecular weight excluding hydrogens is 218 g/mol. The van der Waals surface area contributed by atoms with E-state index in [-0.39, 0.29) is 10.8 Å². The van der Waals surface area contributed by atoms with Crippen LogP contribution in [0.15, 0.2) is 6.20 Å². The molecule has 0 aromatic carbocycles. The molecule has 0 aliphatic carbocycles. The molecule has 0 radical (unpaired) electrons. The second kappa shape index (κ2) is 5.04. The van der Waals surface area contributed by atoms with E-state index in [0.717, 1.165) is 12.7 Å². The number of halogens is 1. The maximum Gasteiger partial charge on any atom is 0.356 e. The molecule has 1 aromatic heterocycles. The molecule has 0 amide bonds. The molecule has 1 heterocycles. The zero-order valence-corrected chi connectivity index (χ0v) is 9.32. The topological polar surface area (TPSA) is 66.3 Å². The predicted molar refractivity (Wildman–Crippen MR) is 56.3 cm³/mol. The molecule has 15 heavy (non-hydrogen) atoms. The molecule has 5 nitrogen and oxygen atoms in total. The molecule has 6 heteroatoms. The average molecular weight is 230 g/mol. The summed E-state index contributed by atoms with van der Waals surface area (Å²) in [6.07, 6.45) is 1.74. The highest BCUT2D eigenvalue weighted by atomic mass is 35.5. The monoisotopic (exact) mass is 229 g/mol. The molecule has 0 saturated carbocycles. The van der Waals surface area contributed by atoms with Crippen molar-refractivity contribution in [1.29, 1.82) is 0 Å². The Balaban J connectivity index is 2.85. The van der Waals surface area contributed by atoms with Crippen LogP contribution < -0.4 is 0 Å². The van der Waals surface area contributed by atoms with Gasteiger partial charge in [-0.3, -0.25) is 0 Å². The van der Waals surface area contributed by atoms with Crippen LogP contribution in [-0.4, -0.2) is 46.6 Å². The van der Waals surface area contributed by atoms with Gasteiger partial charge in [-0.25, -0.2) is 14.8 Å². The van der Waals surface area contributed by atoms with Gasteiger partial charge in [-0.05, 0) is 14.1 Å². The molecule has 1 aromatic rings. The summed E-state index contributed by atoms with van der Waals surface area (Å²) >= 11 is 5.80. The number of carboxylic acid groups (broad SMARTS) is 1. The van der Waals surface area contributed by atoms with Gasteiger partial charge in [-0.2, -0.15) is 0 Å². The third-order valence-corrected chi connectivity index (χ3v) is 2.12. The summed E-state index contributed by atoms with van der Waals surface area (Å²) < 4.78 is 0. The standard InChI is InChI=1S/C9H12ClN3O2/c1-13(2)4-3-6-8(10)11-5-7(12-6)9(14)15/h5H,3-4H2,1-2H3,(H,14,15). The van der Waals surface area contributed by atoms with Crippen molar-refractivity contribution >= 4 is 17.6 Å². The van der Waals surface area contributed by atoms with Crippen molar-refractivity contribution in [2.45, 2.75) is 6.42 Å². The SMILES string of the molecule is CN(C)CCc1nc(C(=O)O)cnc1Cl. The van der Waals surface area contributed by atoms with Crippen molar-refractivity contribution in [1.82, 2.24) is 14.9 Å². The van der Waals surface area contributed by atoms with Crippen LogP contribution in [0.25, 0.3) is 0 Å². The second-order valence-electron chi connectivity index (χ2n) is 3.35. The van der Waals surface area contributed by atoms with Crippen molar-refractivity contribution in [3.8, 4) is 0 Å². The lowest BCUT2D eigenvalue weighted by Crippen LogP contribution is -2.17. The average Bonchev–Trinajstić information content (AvgIpc) is 2.16. The fraction of sp³-hybridized carbons (Fsp3) is 0.444. The highest BCUT2D eigenvalue weighted by molar-refractivity contribution is 6.30. The molecule has 0 aliphatic heterocycles. The van der Waals surface area contributed by atoms with Gasteiger partial charge in [0.15, 0.2) is 10.8 Å². The zero-order valence-electron chi connectivity index (χ0n) is 8.57. The molecule has 0 spiro atoms. The van der Waals surface area contributed by atoms with Crippen LogP contribution in [0.1, 0.15) is 16.2 Å². The van der Waals surface area contributed by atoms with Crippen LogP contribution in [0.4, 0.5) is 0 Å². The van der Waals surface area contributed by atoms with Crippen molar-refractivity contribution < 1.29 is 9.90 Å². The largest absolute Gasteiger partial charge is 0.476 e. The van der Waals surface area contributed by atoms with Gasteiger partial charge in [0.05, 0.1) is 11.9 Å². The van der Waals surface area contributed by atoms with Crippen molar-refractivity contribution in [3.63, 3.8) is 0 Å². The number of nitrogens with zero attached hydrogens (tertiary/aromatic N) is 3. The summed E-state index contributed by atoms with van der Waals surface area (Å²) in [5.41, 5.74) is 0.443. The van der Waals surface area contributed by atoms with E-state index in [1.165, 1.54) is 0 Å². The predicted octanol–water partition coefficient (Wildman–Crippen LogP) is 0.932. The fourth-order valence-electron chi connectivity index (χ4n) is 1.00. The smallest absolute Gasteiger partial charge is 0.356 e. The minimum Gasteiger partial charge on any atom is -0.476 e. The molecule has 0 unspecified atom stereocenters. The molecule has 1 N–H and O–H groups in total. The first-order valence-electron chi connectivity index (χ1n) is 4.40. The second-order valence-corrected chi connectivity index (χ2v) is 3.71. The summed E-state index contributed by atoms with van der Waals surface area (Å²) in [6.45, 7) is 0.747. The highest BCUT2D eigenvalue weighted by Crippen LogP contribution is 2.11. The number of carboxylic acids is 1. The summed E-state index contributed by atoms with van der Waals surface area (Å²) in [6, 6.07) is 0. The summed E-state index contributed by atoms with van der Waals surface area (Å²) in [4.78, 5) is 20.3. The summed E-state index contributed by atoms with van der Waals surface area (Å²) in [5.74, 6) is -1.09. The number of likely N-dealkylation sites (N-methyl/N-ethyl adjacent to an activating group) is 1. The van der Waals surface area contributed by atoms with Gasteiger partial charge in [0.1, 0.15) is 0 Å². The third kappa shape index (κ3) is 3.45. The van der Waals surface area contributed by atoms with E-state index in [0.29, 0.717) is 12.1 Å². The van der Waals surface area contributed by atoms with E-state index in [1.54, 1.807) is 0 Å². The first-order chi connectivity index (χ1) is 7.00. The van der Waals surface area contributed by atoms with E-state index < -0.39 is 5.97 Å². The highest BCUT2D eigenvalue weighted by Gasteiger charge is 2.10. The Morgan fingerprint density at radius 2 is 2.27 bits per heavy atom. The molecule has 0 bridgehead atoms. The van der Waals surface area contributed by atoms with Crippen molar-refractivity contribution in [3.05, 3.63) is 22.7 Å². The van der Waals surface area contributed by atoms with Crippen LogP contribution in [-0.2, 0) is 6.42 Å². The van der Waals surface area contributed by atoms with Crippen LogP contribution in [0.5, 0.6) is 0 Å². The van der Waals surface area contributed by atoms with Gasteiger partial charge in [0.2, 0.25) is 0 Å². The molecule has 0 atom stereocenters. The van der Waals surface area contributed by atoms with Crippen LogP contribution >= 0.6 is 11.6 Å². The van der Waals surface area contributed by atoms with E-state index in [2.05, 4.69) is 9.97 Å². The van der Waals surface area contributed by atoms with Gasteiger partial charge < -0.3 is 10.0 Å². The van der Waals surface area contributed by atoms with E-state index >= 15 is 0 Å².